The fourth-order valence-electron chi connectivity index (χ4n) is 5.45. The molecule has 37 heavy (non-hydrogen) atoms. The smallest absolute Gasteiger partial charge is 0.233 e. The Morgan fingerprint density at radius 1 is 0.730 bits per heavy atom. The largest absolute Gasteiger partial charge is 0.340 e. The second-order valence-corrected chi connectivity index (χ2v) is 14.0. The van der Waals surface area contributed by atoms with E-state index in [4.69, 9.17) is 0 Å². The lowest BCUT2D eigenvalue weighted by molar-refractivity contribution is 0.849. The number of imidazole rings is 1. The van der Waals surface area contributed by atoms with Gasteiger partial charge in [0.15, 0.2) is 0 Å². The van der Waals surface area contributed by atoms with Gasteiger partial charge in [-0.3, -0.25) is 0 Å². The Kier molecular flexibility index (Phi) is 7.97. The maximum Gasteiger partial charge on any atom is 0.233 e. The Bertz CT molecular complexity index is 1270. The summed E-state index contributed by atoms with van der Waals surface area (Å²) in [6.45, 7) is 4.21. The van der Waals surface area contributed by atoms with Crippen LogP contribution >= 0.6 is 0 Å². The van der Waals surface area contributed by atoms with Gasteiger partial charge in [-0.1, -0.05) is 155 Å². The minimum Gasteiger partial charge on any atom is -0.340 e. The molecule has 1 aliphatic rings. The van der Waals surface area contributed by atoms with Crippen LogP contribution in [0.1, 0.15) is 12.8 Å². The van der Waals surface area contributed by atoms with Crippen LogP contribution < -0.4 is 21.3 Å². The highest BCUT2D eigenvalue weighted by Gasteiger charge is 2.50. The number of rotatable bonds is 8. The molecule has 0 radical (unpaired) electrons. The molecule has 4 aromatic carbocycles. The van der Waals surface area contributed by atoms with Gasteiger partial charge in [-0.05, 0) is 5.54 Å². The van der Waals surface area contributed by atoms with Crippen molar-refractivity contribution >= 4 is 36.1 Å². The molecule has 0 aliphatic heterocycles. The first-order valence-electron chi connectivity index (χ1n) is 13.1. The Morgan fingerprint density at radius 2 is 1.19 bits per heavy atom. The third-order valence-electron chi connectivity index (χ3n) is 7.40. The SMILES string of the molecule is C=CB(c1ccccc1)c1ccccc1.c1ccc([Si](Cn2ccnc2)(c2ccccc2)C2CC2)cc1. The molecule has 4 heteroatoms. The fourth-order valence-corrected chi connectivity index (χ4v) is 10.8. The lowest BCUT2D eigenvalue weighted by atomic mass is 9.41. The molecule has 1 aromatic heterocycles. The summed E-state index contributed by atoms with van der Waals surface area (Å²) >= 11 is 0. The van der Waals surface area contributed by atoms with E-state index in [-0.39, 0.29) is 0 Å². The molecular formula is C33H33BN2Si. The van der Waals surface area contributed by atoms with Crippen LogP contribution in [0.4, 0.5) is 0 Å². The van der Waals surface area contributed by atoms with Crippen molar-refractivity contribution in [2.24, 2.45) is 0 Å². The molecule has 182 valence electrons. The van der Waals surface area contributed by atoms with Gasteiger partial charge >= 0.3 is 0 Å². The van der Waals surface area contributed by atoms with Gasteiger partial charge in [0.1, 0.15) is 8.07 Å². The van der Waals surface area contributed by atoms with Gasteiger partial charge in [-0.25, -0.2) is 4.98 Å². The lowest BCUT2D eigenvalue weighted by Crippen LogP contribution is -2.62. The van der Waals surface area contributed by atoms with Crippen LogP contribution in [-0.2, 0) is 6.17 Å². The fraction of sp³-hybridized carbons (Fsp3) is 0.121. The Hall–Kier alpha value is -3.89. The van der Waals surface area contributed by atoms with E-state index in [0.717, 1.165) is 11.7 Å². The molecular weight excluding hydrogens is 463 g/mol. The summed E-state index contributed by atoms with van der Waals surface area (Å²) in [5.74, 6) is 1.99. The maximum atomic E-state index is 4.26. The second kappa shape index (κ2) is 11.9. The van der Waals surface area contributed by atoms with Crippen LogP contribution in [0.2, 0.25) is 5.54 Å². The first-order chi connectivity index (χ1) is 18.3. The van der Waals surface area contributed by atoms with Crippen molar-refractivity contribution < 1.29 is 0 Å². The van der Waals surface area contributed by atoms with Crippen LogP contribution in [-0.4, -0.2) is 24.3 Å². The van der Waals surface area contributed by atoms with E-state index < -0.39 is 8.07 Å². The van der Waals surface area contributed by atoms with Crippen LogP contribution in [0.5, 0.6) is 0 Å². The highest BCUT2D eigenvalue weighted by atomic mass is 28.3. The monoisotopic (exact) mass is 496 g/mol. The number of hydrogen-bond acceptors (Lipinski definition) is 1. The van der Waals surface area contributed by atoms with Gasteiger partial charge in [0.25, 0.3) is 0 Å². The average molecular weight is 497 g/mol. The molecule has 1 aliphatic carbocycles. The van der Waals surface area contributed by atoms with Gasteiger partial charge in [0, 0.05) is 18.6 Å². The van der Waals surface area contributed by atoms with E-state index in [1.807, 2.05) is 30.6 Å². The first kappa shape index (κ1) is 24.8. The van der Waals surface area contributed by atoms with Crippen molar-refractivity contribution in [1.29, 1.82) is 0 Å². The Labute approximate surface area is 222 Å². The van der Waals surface area contributed by atoms with Crippen LogP contribution in [0.25, 0.3) is 0 Å². The van der Waals surface area contributed by atoms with Crippen LogP contribution in [0.3, 0.4) is 0 Å². The lowest BCUT2D eigenvalue weighted by Gasteiger charge is -2.33. The maximum absolute atomic E-state index is 4.26. The number of hydrogen-bond donors (Lipinski definition) is 0. The zero-order valence-electron chi connectivity index (χ0n) is 21.2. The normalized spacial score (nSPS) is 12.8. The summed E-state index contributed by atoms with van der Waals surface area (Å²) in [5, 5.41) is 3.11. The third-order valence-corrected chi connectivity index (χ3v) is 13.0. The summed E-state index contributed by atoms with van der Waals surface area (Å²) in [6, 6.07) is 43.3. The topological polar surface area (TPSA) is 17.8 Å². The number of aromatic nitrogens is 2. The molecule has 1 heterocycles. The minimum absolute atomic E-state index is 0.299. The van der Waals surface area contributed by atoms with Crippen molar-refractivity contribution in [3.05, 3.63) is 153 Å². The predicted molar refractivity (Wildman–Crippen MR) is 161 cm³/mol. The molecule has 1 saturated carbocycles. The Morgan fingerprint density at radius 3 is 1.57 bits per heavy atom. The summed E-state index contributed by atoms with van der Waals surface area (Å²) in [6.07, 6.45) is 9.79. The van der Waals surface area contributed by atoms with E-state index in [1.54, 1.807) is 10.4 Å². The molecule has 0 spiro atoms. The van der Waals surface area contributed by atoms with E-state index in [1.165, 1.54) is 23.8 Å². The van der Waals surface area contributed by atoms with Gasteiger partial charge in [0.2, 0.25) is 6.71 Å². The van der Waals surface area contributed by atoms with E-state index >= 15 is 0 Å². The molecule has 0 N–H and O–H groups in total. The summed E-state index contributed by atoms with van der Waals surface area (Å²) < 4.78 is 2.28. The summed E-state index contributed by atoms with van der Waals surface area (Å²) in [5.41, 5.74) is 3.43. The van der Waals surface area contributed by atoms with Crippen molar-refractivity contribution in [2.75, 3.05) is 0 Å². The highest BCUT2D eigenvalue weighted by molar-refractivity contribution is 7.03. The van der Waals surface area contributed by atoms with Gasteiger partial charge < -0.3 is 4.57 Å². The standard InChI is InChI=1S/C19H20N2Si.C14H13B/c1-3-7-17(8-4-1)22(19-11-12-19,16-21-14-13-20-15-21)18-9-5-2-6-10-18;1-2-15(13-9-5-3-6-10-13)14-11-7-4-8-12-14/h1-10,13-15,19H,11-12,16H2;2-12H,1H2. The summed E-state index contributed by atoms with van der Waals surface area (Å²) in [4.78, 5) is 4.26. The molecule has 0 unspecified atom stereocenters. The minimum atomic E-state index is -1.80. The first-order valence-corrected chi connectivity index (χ1v) is 15.4. The predicted octanol–water partition coefficient (Wildman–Crippen LogP) is 4.87. The molecule has 0 atom stereocenters. The van der Waals surface area contributed by atoms with E-state index in [2.05, 4.69) is 132 Å². The van der Waals surface area contributed by atoms with Crippen molar-refractivity contribution in [3.8, 4) is 0 Å². The zero-order valence-corrected chi connectivity index (χ0v) is 22.2. The molecule has 2 nitrogen and oxygen atoms in total. The van der Waals surface area contributed by atoms with Crippen LogP contribution in [0, 0.1) is 0 Å². The molecule has 6 rings (SSSR count). The van der Waals surface area contributed by atoms with Gasteiger partial charge in [-0.2, -0.15) is 0 Å². The third kappa shape index (κ3) is 5.76. The zero-order chi connectivity index (χ0) is 25.3. The number of benzene rings is 4. The molecule has 0 bridgehead atoms. The van der Waals surface area contributed by atoms with Crippen molar-refractivity contribution in [3.63, 3.8) is 0 Å². The van der Waals surface area contributed by atoms with Crippen molar-refractivity contribution in [1.82, 2.24) is 9.55 Å². The van der Waals surface area contributed by atoms with E-state index in [0.29, 0.717) is 6.71 Å². The summed E-state index contributed by atoms with van der Waals surface area (Å²) in [7, 11) is -1.80. The number of nitrogens with zero attached hydrogens (tertiary/aromatic N) is 2. The van der Waals surface area contributed by atoms with E-state index in [9.17, 15) is 0 Å². The molecule has 0 amide bonds. The van der Waals surface area contributed by atoms with Gasteiger partial charge in [-0.15, -0.1) is 12.6 Å². The van der Waals surface area contributed by atoms with Crippen LogP contribution in [0.15, 0.2) is 153 Å². The Balaban J connectivity index is 0.000000164. The second-order valence-electron chi connectivity index (χ2n) is 9.75. The highest BCUT2D eigenvalue weighted by Crippen LogP contribution is 2.45. The average Bonchev–Trinajstić information content (AvgIpc) is 3.71. The van der Waals surface area contributed by atoms with Gasteiger partial charge in [0.05, 0.1) is 6.33 Å². The van der Waals surface area contributed by atoms with Crippen molar-refractivity contribution in [2.45, 2.75) is 24.6 Å². The quantitative estimate of drug-likeness (QED) is 0.280. The molecule has 0 saturated heterocycles. The molecule has 1 fully saturated rings. The molecule has 5 aromatic rings.